The fraction of sp³-hybridized carbons (Fsp3) is 0.125. The van der Waals surface area contributed by atoms with E-state index in [1.165, 1.54) is 12.1 Å². The molecule has 2 aromatic carbocycles. The molecule has 0 aliphatic carbocycles. The Labute approximate surface area is 131 Å². The summed E-state index contributed by atoms with van der Waals surface area (Å²) in [7, 11) is 0. The highest BCUT2D eigenvalue weighted by Crippen LogP contribution is 2.41. The van der Waals surface area contributed by atoms with Crippen molar-refractivity contribution in [1.82, 2.24) is 5.43 Å². The third-order valence-corrected chi connectivity index (χ3v) is 4.23. The van der Waals surface area contributed by atoms with Crippen molar-refractivity contribution in [2.24, 2.45) is 5.10 Å². The monoisotopic (exact) mass is 308 g/mol. The quantitative estimate of drug-likeness (QED) is 0.656. The van der Waals surface area contributed by atoms with Gasteiger partial charge in [0.2, 0.25) is 0 Å². The van der Waals surface area contributed by atoms with E-state index in [2.05, 4.69) is 15.8 Å². The Hall–Kier alpha value is -3.22. The number of non-ortho nitro benzene ring substituents is 1. The van der Waals surface area contributed by atoms with E-state index in [9.17, 15) is 14.9 Å². The first kappa shape index (κ1) is 13.4. The van der Waals surface area contributed by atoms with E-state index in [0.717, 1.165) is 11.3 Å². The number of amides is 1. The number of benzene rings is 2. The smallest absolute Gasteiger partial charge is 0.270 e. The summed E-state index contributed by atoms with van der Waals surface area (Å²) in [4.78, 5) is 22.9. The third-order valence-electron chi connectivity index (χ3n) is 4.23. The van der Waals surface area contributed by atoms with Gasteiger partial charge in [-0.1, -0.05) is 30.3 Å². The minimum absolute atomic E-state index is 0.00224. The highest BCUT2D eigenvalue weighted by Gasteiger charge is 2.50. The average molecular weight is 308 g/mol. The van der Waals surface area contributed by atoms with Gasteiger partial charge in [-0.2, -0.15) is 5.10 Å². The second kappa shape index (κ2) is 4.64. The van der Waals surface area contributed by atoms with Gasteiger partial charge in [0, 0.05) is 35.4 Å². The van der Waals surface area contributed by atoms with E-state index < -0.39 is 10.5 Å². The Kier molecular flexibility index (Phi) is 2.71. The van der Waals surface area contributed by atoms with Crippen LogP contribution in [0, 0.1) is 10.1 Å². The van der Waals surface area contributed by atoms with E-state index in [1.54, 1.807) is 12.1 Å². The fourth-order valence-corrected chi connectivity index (χ4v) is 3.06. The van der Waals surface area contributed by atoms with E-state index in [0.29, 0.717) is 17.7 Å². The van der Waals surface area contributed by atoms with Gasteiger partial charge < -0.3 is 5.32 Å². The van der Waals surface area contributed by atoms with Crippen molar-refractivity contribution in [3.63, 3.8) is 0 Å². The Morgan fingerprint density at radius 2 is 2.00 bits per heavy atom. The number of nitro groups is 1. The van der Waals surface area contributed by atoms with E-state index in [1.807, 2.05) is 24.3 Å². The topological polar surface area (TPSA) is 96.6 Å². The molecule has 2 N–H and O–H groups in total. The van der Waals surface area contributed by atoms with Gasteiger partial charge in [-0.25, -0.2) is 0 Å². The predicted molar refractivity (Wildman–Crippen MR) is 84.1 cm³/mol. The maximum atomic E-state index is 12.5. The molecular formula is C16H12N4O3. The molecule has 1 amide bonds. The van der Waals surface area contributed by atoms with Crippen LogP contribution in [0.5, 0.6) is 0 Å². The van der Waals surface area contributed by atoms with Gasteiger partial charge in [0.1, 0.15) is 0 Å². The minimum atomic E-state index is -0.934. The number of carbonyl (C=O) groups excluding carboxylic acids is 1. The minimum Gasteiger partial charge on any atom is -0.323 e. The Morgan fingerprint density at radius 3 is 2.83 bits per heavy atom. The number of hydrogen-bond acceptors (Lipinski definition) is 5. The average Bonchev–Trinajstić information content (AvgIpc) is 3.12. The van der Waals surface area contributed by atoms with Crippen molar-refractivity contribution < 1.29 is 9.72 Å². The first-order valence-electron chi connectivity index (χ1n) is 7.10. The van der Waals surface area contributed by atoms with Crippen molar-refractivity contribution >= 4 is 23.0 Å². The van der Waals surface area contributed by atoms with Crippen molar-refractivity contribution in [3.05, 3.63) is 69.8 Å². The zero-order valence-electron chi connectivity index (χ0n) is 11.9. The van der Waals surface area contributed by atoms with Crippen LogP contribution in [0.4, 0.5) is 11.4 Å². The summed E-state index contributed by atoms with van der Waals surface area (Å²) >= 11 is 0. The molecule has 2 heterocycles. The zero-order valence-corrected chi connectivity index (χ0v) is 11.9. The van der Waals surface area contributed by atoms with Gasteiger partial charge in [0.05, 0.1) is 10.6 Å². The van der Waals surface area contributed by atoms with Gasteiger partial charge in [0.25, 0.3) is 11.6 Å². The van der Waals surface area contributed by atoms with Crippen LogP contribution in [0.3, 0.4) is 0 Å². The first-order valence-corrected chi connectivity index (χ1v) is 7.10. The summed E-state index contributed by atoms with van der Waals surface area (Å²) in [6.45, 7) is 0. The predicted octanol–water partition coefficient (Wildman–Crippen LogP) is 2.14. The molecule has 23 heavy (non-hydrogen) atoms. The molecule has 4 rings (SSSR count). The summed E-state index contributed by atoms with van der Waals surface area (Å²) in [5.41, 5.74) is 4.88. The molecule has 7 nitrogen and oxygen atoms in total. The zero-order chi connectivity index (χ0) is 16.0. The van der Waals surface area contributed by atoms with Crippen LogP contribution >= 0.6 is 0 Å². The highest BCUT2D eigenvalue weighted by atomic mass is 16.6. The number of rotatable bonds is 2. The summed E-state index contributed by atoms with van der Waals surface area (Å²) in [6, 6.07) is 13.7. The molecule has 1 atom stereocenters. The normalized spacial score (nSPS) is 21.6. The molecular weight excluding hydrogens is 296 g/mol. The van der Waals surface area contributed by atoms with Crippen LogP contribution in [-0.2, 0) is 10.3 Å². The molecule has 0 aromatic heterocycles. The van der Waals surface area contributed by atoms with Crippen molar-refractivity contribution in [2.45, 2.75) is 12.0 Å². The number of anilines is 1. The third kappa shape index (κ3) is 1.90. The fourth-order valence-electron chi connectivity index (χ4n) is 3.06. The Balaban J connectivity index is 1.71. The molecule has 7 heteroatoms. The molecule has 1 unspecified atom stereocenters. The molecule has 114 valence electrons. The standard InChI is InChI=1S/C16H12N4O3/c21-15-16(12-6-1-2-7-13(12)17-15)9-14(18-19-16)10-4-3-5-11(8-10)20(22)23/h1-8,19H,9H2,(H,17,21). The Bertz CT molecular complexity index is 877. The summed E-state index contributed by atoms with van der Waals surface area (Å²) in [5.74, 6) is -0.164. The maximum Gasteiger partial charge on any atom is 0.270 e. The SMILES string of the molecule is O=C1Nc2ccccc2C12CC(c1cccc([N+](=O)[O-])c1)=NN2. The van der Waals surface area contributed by atoms with Gasteiger partial charge in [-0.05, 0) is 6.07 Å². The molecule has 2 aliphatic heterocycles. The van der Waals surface area contributed by atoms with Gasteiger partial charge in [0.15, 0.2) is 5.54 Å². The maximum absolute atomic E-state index is 12.5. The van der Waals surface area contributed by atoms with Crippen LogP contribution in [0.25, 0.3) is 0 Å². The van der Waals surface area contributed by atoms with Crippen LogP contribution in [0.15, 0.2) is 53.6 Å². The molecule has 0 saturated heterocycles. The molecule has 2 aliphatic rings. The Morgan fingerprint density at radius 1 is 1.17 bits per heavy atom. The lowest BCUT2D eigenvalue weighted by molar-refractivity contribution is -0.384. The summed E-state index contributed by atoms with van der Waals surface area (Å²) in [5, 5.41) is 18.0. The van der Waals surface area contributed by atoms with Crippen molar-refractivity contribution in [2.75, 3.05) is 5.32 Å². The number of nitrogens with zero attached hydrogens (tertiary/aromatic N) is 2. The molecule has 1 spiro atoms. The van der Waals surface area contributed by atoms with Crippen LogP contribution in [0.2, 0.25) is 0 Å². The number of carbonyl (C=O) groups is 1. The van der Waals surface area contributed by atoms with Crippen LogP contribution in [0.1, 0.15) is 17.5 Å². The van der Waals surface area contributed by atoms with Crippen LogP contribution in [-0.4, -0.2) is 16.5 Å². The molecule has 0 fully saturated rings. The van der Waals surface area contributed by atoms with Gasteiger partial charge in [-0.15, -0.1) is 0 Å². The number of nitro benzene ring substituents is 1. The highest BCUT2D eigenvalue weighted by molar-refractivity contribution is 6.13. The molecule has 0 radical (unpaired) electrons. The lowest BCUT2D eigenvalue weighted by atomic mass is 9.86. The lowest BCUT2D eigenvalue weighted by Gasteiger charge is -2.20. The van der Waals surface area contributed by atoms with Crippen molar-refractivity contribution in [3.8, 4) is 0 Å². The van der Waals surface area contributed by atoms with E-state index in [-0.39, 0.29) is 11.6 Å². The number of hydrogen-bond donors (Lipinski definition) is 2. The largest absolute Gasteiger partial charge is 0.323 e. The second-order valence-corrected chi connectivity index (χ2v) is 5.56. The van der Waals surface area contributed by atoms with E-state index in [4.69, 9.17) is 0 Å². The molecule has 2 aromatic rings. The molecule has 0 saturated carbocycles. The number of nitrogens with one attached hydrogen (secondary N) is 2. The number of hydrazone groups is 1. The number of fused-ring (bicyclic) bond motifs is 2. The van der Waals surface area contributed by atoms with Crippen molar-refractivity contribution in [1.29, 1.82) is 0 Å². The van der Waals surface area contributed by atoms with Gasteiger partial charge in [-0.3, -0.25) is 20.3 Å². The first-order chi connectivity index (χ1) is 11.1. The molecule has 0 bridgehead atoms. The summed E-state index contributed by atoms with van der Waals surface area (Å²) < 4.78 is 0. The van der Waals surface area contributed by atoms with Crippen LogP contribution < -0.4 is 10.7 Å². The lowest BCUT2D eigenvalue weighted by Crippen LogP contribution is -2.42. The number of para-hydroxylation sites is 1. The summed E-state index contributed by atoms with van der Waals surface area (Å²) in [6.07, 6.45) is 0.344. The van der Waals surface area contributed by atoms with Gasteiger partial charge >= 0.3 is 0 Å². The van der Waals surface area contributed by atoms with E-state index >= 15 is 0 Å². The second-order valence-electron chi connectivity index (χ2n) is 5.56.